The van der Waals surface area contributed by atoms with Crippen molar-refractivity contribution in [3.8, 4) is 10.8 Å². The molecule has 0 fully saturated rings. The highest BCUT2D eigenvalue weighted by Gasteiger charge is 2.36. The fourth-order valence-electron chi connectivity index (χ4n) is 5.53. The van der Waals surface area contributed by atoms with Crippen molar-refractivity contribution in [3.63, 3.8) is 0 Å². The number of aromatic nitrogens is 1. The molecule has 184 valence electrons. The van der Waals surface area contributed by atoms with Crippen LogP contribution < -0.4 is 10.1 Å². The molecule has 0 saturated carbocycles. The van der Waals surface area contributed by atoms with E-state index in [0.29, 0.717) is 19.7 Å². The summed E-state index contributed by atoms with van der Waals surface area (Å²) in [5.41, 5.74) is 6.07. The third kappa shape index (κ3) is 4.20. The summed E-state index contributed by atoms with van der Waals surface area (Å²) in [6.07, 6.45) is 6.87. The summed E-state index contributed by atoms with van der Waals surface area (Å²) in [5.74, 6) is 0.846. The Hall–Kier alpha value is -3.51. The van der Waals surface area contributed by atoms with Gasteiger partial charge in [0.1, 0.15) is 10.8 Å². The highest BCUT2D eigenvalue weighted by atomic mass is 32.1. The first kappa shape index (κ1) is 22.9. The van der Waals surface area contributed by atoms with Gasteiger partial charge in [-0.1, -0.05) is 42.5 Å². The van der Waals surface area contributed by atoms with Gasteiger partial charge in [-0.25, -0.2) is 4.79 Å². The Labute approximate surface area is 216 Å². The van der Waals surface area contributed by atoms with Gasteiger partial charge >= 0.3 is 6.03 Å². The molecule has 0 bridgehead atoms. The first-order valence-electron chi connectivity index (χ1n) is 12.8. The first-order valence-corrected chi connectivity index (χ1v) is 13.7. The van der Waals surface area contributed by atoms with Gasteiger partial charge in [0.25, 0.3) is 0 Å². The number of amides is 2. The van der Waals surface area contributed by atoms with Crippen molar-refractivity contribution in [1.29, 1.82) is 0 Å². The Kier molecular flexibility index (Phi) is 6.28. The quantitative estimate of drug-likeness (QED) is 0.336. The molecule has 6 heteroatoms. The molecule has 2 aromatic heterocycles. The number of carbonyl (C=O) groups excluding carboxylic acids is 1. The molecule has 0 saturated heterocycles. The molecule has 2 aliphatic rings. The summed E-state index contributed by atoms with van der Waals surface area (Å²) in [5, 5.41) is 4.48. The second kappa shape index (κ2) is 9.86. The monoisotopic (exact) mass is 497 g/mol. The standard InChI is InChI=1S/C30H31N3O2S/c1-2-35-23-16-14-22(15-17-23)28-26-12-8-18-32(26)29-25(24-11-6-7-13-27(24)36-29)20-33(28)30(34)31-19-21-9-4-3-5-10-21/h3-5,8-10,12,14-18,28H,2,6-7,11,13,19-20H2,1H3,(H,31,34)/t28-/m0/s1. The first-order chi connectivity index (χ1) is 17.7. The second-order valence-electron chi connectivity index (χ2n) is 9.47. The maximum Gasteiger partial charge on any atom is 0.318 e. The predicted octanol–water partition coefficient (Wildman–Crippen LogP) is 6.63. The van der Waals surface area contributed by atoms with Gasteiger partial charge in [-0.3, -0.25) is 0 Å². The minimum atomic E-state index is -0.203. The van der Waals surface area contributed by atoms with Gasteiger partial charge in [0, 0.05) is 23.2 Å². The smallest absolute Gasteiger partial charge is 0.318 e. The van der Waals surface area contributed by atoms with Crippen LogP contribution in [0.4, 0.5) is 4.79 Å². The van der Waals surface area contributed by atoms with E-state index in [1.807, 2.05) is 65.6 Å². The van der Waals surface area contributed by atoms with Crippen molar-refractivity contribution in [2.24, 2.45) is 0 Å². The van der Waals surface area contributed by atoms with Crippen LogP contribution in [0, 0.1) is 0 Å². The van der Waals surface area contributed by atoms with Gasteiger partial charge in [0.15, 0.2) is 0 Å². The molecular weight excluding hydrogens is 466 g/mol. The lowest BCUT2D eigenvalue weighted by molar-refractivity contribution is 0.180. The molecule has 5 nitrogen and oxygen atoms in total. The number of hydrogen-bond donors (Lipinski definition) is 1. The number of urea groups is 1. The average molecular weight is 498 g/mol. The molecule has 3 heterocycles. The second-order valence-corrected chi connectivity index (χ2v) is 10.6. The van der Waals surface area contributed by atoms with E-state index in [4.69, 9.17) is 4.74 Å². The molecule has 2 amide bonds. The summed E-state index contributed by atoms with van der Waals surface area (Å²) in [6.45, 7) is 3.72. The van der Waals surface area contributed by atoms with Gasteiger partial charge in [-0.05, 0) is 73.6 Å². The maximum atomic E-state index is 13.9. The number of rotatable bonds is 5. The summed E-state index contributed by atoms with van der Waals surface area (Å²) in [7, 11) is 0. The van der Waals surface area contributed by atoms with E-state index in [9.17, 15) is 4.79 Å². The van der Waals surface area contributed by atoms with Gasteiger partial charge in [-0.2, -0.15) is 0 Å². The van der Waals surface area contributed by atoms with E-state index in [1.54, 1.807) is 0 Å². The Balaban J connectivity index is 1.42. The van der Waals surface area contributed by atoms with Crippen molar-refractivity contribution in [1.82, 2.24) is 14.8 Å². The van der Waals surface area contributed by atoms with Crippen molar-refractivity contribution in [3.05, 3.63) is 106 Å². The lowest BCUT2D eigenvalue weighted by Crippen LogP contribution is -2.41. The summed E-state index contributed by atoms with van der Waals surface area (Å²) < 4.78 is 8.02. The Morgan fingerprint density at radius 1 is 1.00 bits per heavy atom. The SMILES string of the molecule is CCOc1ccc([C@H]2c3cccn3-c3sc4c(c3CN2C(=O)NCc2ccccc2)CCCC4)cc1. The summed E-state index contributed by atoms with van der Waals surface area (Å²) in [4.78, 5) is 17.4. The normalized spacial score (nSPS) is 16.5. The summed E-state index contributed by atoms with van der Waals surface area (Å²) in [6, 6.07) is 22.3. The molecule has 1 N–H and O–H groups in total. The summed E-state index contributed by atoms with van der Waals surface area (Å²) >= 11 is 1.91. The van der Waals surface area contributed by atoms with Gasteiger partial charge in [-0.15, -0.1) is 11.3 Å². The number of hydrogen-bond acceptors (Lipinski definition) is 3. The van der Waals surface area contributed by atoms with Crippen LogP contribution in [-0.2, 0) is 25.9 Å². The van der Waals surface area contributed by atoms with Crippen molar-refractivity contribution in [2.75, 3.05) is 6.61 Å². The van der Waals surface area contributed by atoms with Crippen LogP contribution in [0.15, 0.2) is 72.9 Å². The lowest BCUT2D eigenvalue weighted by Gasteiger charge is -2.31. The Morgan fingerprint density at radius 2 is 1.81 bits per heavy atom. The van der Waals surface area contributed by atoms with Gasteiger partial charge in [0.05, 0.1) is 24.9 Å². The van der Waals surface area contributed by atoms with Gasteiger partial charge in [0.2, 0.25) is 0 Å². The van der Waals surface area contributed by atoms with Crippen LogP contribution in [0.5, 0.6) is 5.75 Å². The Bertz CT molecular complexity index is 1360. The van der Waals surface area contributed by atoms with E-state index >= 15 is 0 Å². The molecule has 4 aromatic rings. The number of ether oxygens (including phenoxy) is 1. The predicted molar refractivity (Wildman–Crippen MR) is 144 cm³/mol. The number of thiophene rings is 1. The maximum absolute atomic E-state index is 13.9. The molecule has 1 atom stereocenters. The zero-order chi connectivity index (χ0) is 24.5. The minimum absolute atomic E-state index is 0.0471. The zero-order valence-electron chi connectivity index (χ0n) is 20.6. The number of fused-ring (bicyclic) bond motifs is 5. The van der Waals surface area contributed by atoms with E-state index in [-0.39, 0.29) is 12.1 Å². The zero-order valence-corrected chi connectivity index (χ0v) is 21.4. The van der Waals surface area contributed by atoms with E-state index in [2.05, 4.69) is 40.3 Å². The molecule has 0 spiro atoms. The largest absolute Gasteiger partial charge is 0.494 e. The Morgan fingerprint density at radius 3 is 2.61 bits per heavy atom. The van der Waals surface area contributed by atoms with Gasteiger partial charge < -0.3 is 19.5 Å². The molecule has 1 aliphatic heterocycles. The van der Waals surface area contributed by atoms with Crippen LogP contribution >= 0.6 is 11.3 Å². The molecule has 36 heavy (non-hydrogen) atoms. The third-order valence-electron chi connectivity index (χ3n) is 7.23. The molecule has 0 radical (unpaired) electrons. The topological polar surface area (TPSA) is 46.5 Å². The average Bonchev–Trinajstić information content (AvgIpc) is 3.51. The van der Waals surface area contributed by atoms with Crippen LogP contribution in [0.25, 0.3) is 5.00 Å². The van der Waals surface area contributed by atoms with Crippen LogP contribution in [-0.4, -0.2) is 22.1 Å². The molecule has 0 unspecified atom stereocenters. The highest BCUT2D eigenvalue weighted by Crippen LogP contribution is 2.44. The molecule has 6 rings (SSSR count). The van der Waals surface area contributed by atoms with E-state index in [0.717, 1.165) is 35.4 Å². The van der Waals surface area contributed by atoms with E-state index in [1.165, 1.54) is 33.8 Å². The molecule has 1 aliphatic carbocycles. The highest BCUT2D eigenvalue weighted by molar-refractivity contribution is 7.15. The number of nitrogens with one attached hydrogen (secondary N) is 1. The van der Waals surface area contributed by atoms with Crippen LogP contribution in [0.2, 0.25) is 0 Å². The fourth-order valence-corrected chi connectivity index (χ4v) is 6.93. The van der Waals surface area contributed by atoms with Crippen LogP contribution in [0.3, 0.4) is 0 Å². The lowest BCUT2D eigenvalue weighted by atomic mass is 9.95. The fraction of sp³-hybridized carbons (Fsp3) is 0.300. The van der Waals surface area contributed by atoms with Crippen molar-refractivity contribution >= 4 is 17.4 Å². The van der Waals surface area contributed by atoms with Crippen molar-refractivity contribution < 1.29 is 9.53 Å². The van der Waals surface area contributed by atoms with E-state index < -0.39 is 0 Å². The van der Waals surface area contributed by atoms with Crippen molar-refractivity contribution in [2.45, 2.75) is 51.7 Å². The number of benzene rings is 2. The van der Waals surface area contributed by atoms with Crippen LogP contribution in [0.1, 0.15) is 58.6 Å². The number of carbonyl (C=O) groups is 1. The number of aryl methyl sites for hydroxylation is 1. The molecular formula is C30H31N3O2S. The molecule has 2 aromatic carbocycles. The minimum Gasteiger partial charge on any atom is -0.494 e. The number of nitrogens with zero attached hydrogens (tertiary/aromatic N) is 2. The third-order valence-corrected chi connectivity index (χ3v) is 8.57.